The van der Waals surface area contributed by atoms with Crippen LogP contribution in [0.5, 0.6) is 0 Å². The molecule has 6 heteroatoms. The summed E-state index contributed by atoms with van der Waals surface area (Å²) >= 11 is 3.40. The van der Waals surface area contributed by atoms with E-state index in [9.17, 15) is 9.59 Å². The number of nitriles is 1. The largest absolute Gasteiger partial charge is 0.352 e. The van der Waals surface area contributed by atoms with Crippen molar-refractivity contribution in [3.63, 3.8) is 0 Å². The van der Waals surface area contributed by atoms with Crippen molar-refractivity contribution < 1.29 is 9.59 Å². The number of hydrogen-bond donors (Lipinski definition) is 1. The van der Waals surface area contributed by atoms with Gasteiger partial charge in [-0.25, -0.2) is 0 Å². The second-order valence-corrected chi connectivity index (χ2v) is 6.83. The number of hydrogen-bond acceptors (Lipinski definition) is 3. The number of carbonyl (C=O) groups is 2. The van der Waals surface area contributed by atoms with Gasteiger partial charge in [-0.3, -0.25) is 9.59 Å². The van der Waals surface area contributed by atoms with Gasteiger partial charge in [0.15, 0.2) is 0 Å². The average molecular weight is 398 g/mol. The lowest BCUT2D eigenvalue weighted by Crippen LogP contribution is -2.32. The predicted molar refractivity (Wildman–Crippen MR) is 97.6 cm³/mol. The van der Waals surface area contributed by atoms with Crippen molar-refractivity contribution in [1.82, 2.24) is 5.32 Å². The molecule has 2 amide bonds. The average Bonchev–Trinajstić information content (AvgIpc) is 3.02. The summed E-state index contributed by atoms with van der Waals surface area (Å²) in [4.78, 5) is 26.3. The quantitative estimate of drug-likeness (QED) is 0.861. The lowest BCUT2D eigenvalue weighted by molar-refractivity contribution is -0.126. The number of benzene rings is 2. The molecule has 0 aliphatic carbocycles. The molecule has 1 unspecified atom stereocenters. The van der Waals surface area contributed by atoms with Gasteiger partial charge >= 0.3 is 0 Å². The Kier molecular flexibility index (Phi) is 5.15. The molecule has 1 saturated heterocycles. The molecular formula is C19H16BrN3O2. The highest BCUT2D eigenvalue weighted by Gasteiger charge is 2.35. The minimum Gasteiger partial charge on any atom is -0.352 e. The molecule has 0 saturated carbocycles. The third-order valence-electron chi connectivity index (χ3n) is 4.17. The molecule has 5 nitrogen and oxygen atoms in total. The summed E-state index contributed by atoms with van der Waals surface area (Å²) in [7, 11) is 0. The molecule has 1 heterocycles. The van der Waals surface area contributed by atoms with Crippen molar-refractivity contribution in [2.75, 3.05) is 11.4 Å². The molecule has 1 fully saturated rings. The van der Waals surface area contributed by atoms with E-state index in [1.165, 1.54) is 0 Å². The van der Waals surface area contributed by atoms with Gasteiger partial charge in [0, 0.05) is 29.7 Å². The zero-order valence-electron chi connectivity index (χ0n) is 13.4. The van der Waals surface area contributed by atoms with Crippen LogP contribution in [0.4, 0.5) is 5.69 Å². The van der Waals surface area contributed by atoms with Crippen LogP contribution in [0.15, 0.2) is 53.0 Å². The first-order valence-electron chi connectivity index (χ1n) is 7.89. The van der Waals surface area contributed by atoms with Gasteiger partial charge in [-0.15, -0.1) is 0 Å². The summed E-state index contributed by atoms with van der Waals surface area (Å²) in [6, 6.07) is 16.6. The Hall–Kier alpha value is -2.65. The standard InChI is InChI=1S/C19H16BrN3O2/c20-16-2-1-3-17(9-16)23-12-15(8-18(23)24)19(25)22-11-14-6-4-13(10-21)5-7-14/h1-7,9,15H,8,11-12H2,(H,22,25). The molecule has 1 atom stereocenters. The van der Waals surface area contributed by atoms with Crippen molar-refractivity contribution in [2.45, 2.75) is 13.0 Å². The van der Waals surface area contributed by atoms with Crippen molar-refractivity contribution >= 4 is 33.4 Å². The number of anilines is 1. The van der Waals surface area contributed by atoms with Crippen LogP contribution in [0.2, 0.25) is 0 Å². The smallest absolute Gasteiger partial charge is 0.227 e. The second-order valence-electron chi connectivity index (χ2n) is 5.91. The summed E-state index contributed by atoms with van der Waals surface area (Å²) < 4.78 is 0.895. The summed E-state index contributed by atoms with van der Waals surface area (Å²) in [5.41, 5.74) is 2.29. The molecule has 1 N–H and O–H groups in total. The van der Waals surface area contributed by atoms with Crippen molar-refractivity contribution in [1.29, 1.82) is 5.26 Å². The Balaban J connectivity index is 1.59. The Morgan fingerprint density at radius 3 is 2.72 bits per heavy atom. The van der Waals surface area contributed by atoms with E-state index in [-0.39, 0.29) is 24.2 Å². The predicted octanol–water partition coefficient (Wildman–Crippen LogP) is 2.99. The molecule has 0 bridgehead atoms. The molecule has 25 heavy (non-hydrogen) atoms. The second kappa shape index (κ2) is 7.49. The number of rotatable bonds is 4. The molecule has 2 aromatic rings. The van der Waals surface area contributed by atoms with E-state index in [0.717, 1.165) is 15.7 Å². The maximum Gasteiger partial charge on any atom is 0.227 e. The summed E-state index contributed by atoms with van der Waals surface area (Å²) in [5.74, 6) is -0.531. The van der Waals surface area contributed by atoms with Gasteiger partial charge in [-0.1, -0.05) is 34.1 Å². The molecule has 0 radical (unpaired) electrons. The minimum atomic E-state index is -0.357. The van der Waals surface area contributed by atoms with E-state index in [1.54, 1.807) is 17.0 Å². The molecular weight excluding hydrogens is 382 g/mol. The number of carbonyl (C=O) groups excluding carboxylic acids is 2. The first kappa shape index (κ1) is 17.2. The van der Waals surface area contributed by atoms with Gasteiger partial charge in [0.05, 0.1) is 17.6 Å². The number of halogens is 1. The highest BCUT2D eigenvalue weighted by molar-refractivity contribution is 9.10. The summed E-state index contributed by atoms with van der Waals surface area (Å²) in [5, 5.41) is 11.7. The van der Waals surface area contributed by atoms with Crippen LogP contribution in [0.25, 0.3) is 0 Å². The van der Waals surface area contributed by atoms with E-state index >= 15 is 0 Å². The van der Waals surface area contributed by atoms with E-state index in [2.05, 4.69) is 27.3 Å². The highest BCUT2D eigenvalue weighted by Crippen LogP contribution is 2.27. The maximum atomic E-state index is 12.4. The first-order valence-corrected chi connectivity index (χ1v) is 8.69. The monoisotopic (exact) mass is 397 g/mol. The van der Waals surface area contributed by atoms with Gasteiger partial charge < -0.3 is 10.2 Å². The van der Waals surface area contributed by atoms with Gasteiger partial charge in [-0.05, 0) is 35.9 Å². The van der Waals surface area contributed by atoms with E-state index < -0.39 is 0 Å². The molecule has 2 aromatic carbocycles. The van der Waals surface area contributed by atoms with E-state index in [0.29, 0.717) is 18.7 Å². The molecule has 1 aliphatic heterocycles. The van der Waals surface area contributed by atoms with Crippen LogP contribution in [0.1, 0.15) is 17.5 Å². The van der Waals surface area contributed by atoms with Gasteiger partial charge in [-0.2, -0.15) is 5.26 Å². The topological polar surface area (TPSA) is 73.2 Å². The van der Waals surface area contributed by atoms with Crippen LogP contribution in [0, 0.1) is 17.2 Å². The first-order chi connectivity index (χ1) is 12.1. The van der Waals surface area contributed by atoms with Crippen molar-refractivity contribution in [3.8, 4) is 6.07 Å². The van der Waals surface area contributed by atoms with Crippen molar-refractivity contribution in [3.05, 3.63) is 64.1 Å². The lowest BCUT2D eigenvalue weighted by Gasteiger charge is -2.17. The zero-order chi connectivity index (χ0) is 17.8. The Bertz CT molecular complexity index is 842. The summed E-state index contributed by atoms with van der Waals surface area (Å²) in [6.07, 6.45) is 0.214. The fraction of sp³-hybridized carbons (Fsp3) is 0.211. The Morgan fingerprint density at radius 2 is 2.04 bits per heavy atom. The normalized spacial score (nSPS) is 16.6. The molecule has 126 valence electrons. The molecule has 1 aliphatic rings. The molecule has 0 aromatic heterocycles. The van der Waals surface area contributed by atoms with Gasteiger partial charge in [0.1, 0.15) is 0 Å². The van der Waals surface area contributed by atoms with Crippen LogP contribution < -0.4 is 10.2 Å². The summed E-state index contributed by atoms with van der Waals surface area (Å²) in [6.45, 7) is 0.764. The van der Waals surface area contributed by atoms with Crippen molar-refractivity contribution in [2.24, 2.45) is 5.92 Å². The van der Waals surface area contributed by atoms with Crippen LogP contribution >= 0.6 is 15.9 Å². The van der Waals surface area contributed by atoms with Gasteiger partial charge in [0.25, 0.3) is 0 Å². The number of nitrogens with one attached hydrogen (secondary N) is 1. The van der Waals surface area contributed by atoms with E-state index in [4.69, 9.17) is 5.26 Å². The maximum absolute atomic E-state index is 12.4. The number of amides is 2. The third kappa shape index (κ3) is 4.06. The third-order valence-corrected chi connectivity index (χ3v) is 4.66. The fourth-order valence-electron chi connectivity index (χ4n) is 2.81. The van der Waals surface area contributed by atoms with Crippen LogP contribution in [-0.4, -0.2) is 18.4 Å². The molecule has 3 rings (SSSR count). The van der Waals surface area contributed by atoms with Crippen LogP contribution in [0.3, 0.4) is 0 Å². The minimum absolute atomic E-state index is 0.0448. The molecule has 0 spiro atoms. The van der Waals surface area contributed by atoms with E-state index in [1.807, 2.05) is 36.4 Å². The Morgan fingerprint density at radius 1 is 1.28 bits per heavy atom. The SMILES string of the molecule is N#Cc1ccc(CNC(=O)C2CC(=O)N(c3cccc(Br)c3)C2)cc1. The fourth-order valence-corrected chi connectivity index (χ4v) is 3.19. The lowest BCUT2D eigenvalue weighted by atomic mass is 10.1. The van der Waals surface area contributed by atoms with Gasteiger partial charge in [0.2, 0.25) is 11.8 Å². The zero-order valence-corrected chi connectivity index (χ0v) is 15.0. The highest BCUT2D eigenvalue weighted by atomic mass is 79.9. The van der Waals surface area contributed by atoms with Crippen LogP contribution in [-0.2, 0) is 16.1 Å². The number of nitrogens with zero attached hydrogens (tertiary/aromatic N) is 2. The Labute approximate surface area is 154 Å².